The largest absolute Gasteiger partial charge is 0.468 e. The highest BCUT2D eigenvalue weighted by Gasteiger charge is 2.33. The molecule has 3 unspecified atom stereocenters. The van der Waals surface area contributed by atoms with Crippen LogP contribution in [0.3, 0.4) is 0 Å². The first-order chi connectivity index (χ1) is 10.8. The molecule has 0 N–H and O–H groups in total. The van der Waals surface area contributed by atoms with Gasteiger partial charge in [0.2, 0.25) is 0 Å². The molecule has 2 nitrogen and oxygen atoms in total. The molecule has 0 aliphatic heterocycles. The second kappa shape index (κ2) is 7.74. The van der Waals surface area contributed by atoms with Crippen molar-refractivity contribution in [2.24, 2.45) is 16.2 Å². The standard InChI is InChI=1S/C19H23NOS/c1-2-19(20-22-18-10-4-3-5-11-18)21-17-13-12-15-8-6-7-9-16(15)14-17/h1,3-5,10-11,15-17H,6-9,12-14H2. The van der Waals surface area contributed by atoms with E-state index in [4.69, 9.17) is 11.2 Å². The molecule has 2 aliphatic rings. The fourth-order valence-electron chi connectivity index (χ4n) is 3.75. The van der Waals surface area contributed by atoms with E-state index < -0.39 is 0 Å². The summed E-state index contributed by atoms with van der Waals surface area (Å²) in [5, 5.41) is 0. The van der Waals surface area contributed by atoms with Gasteiger partial charge in [0.05, 0.1) is 0 Å². The SMILES string of the molecule is C#CC(=NSc1ccccc1)OC1CCC2CCCCC2C1. The Balaban J connectivity index is 1.55. The maximum atomic E-state index is 6.00. The van der Waals surface area contributed by atoms with E-state index in [-0.39, 0.29) is 6.10 Å². The Morgan fingerprint density at radius 3 is 2.64 bits per heavy atom. The third-order valence-electron chi connectivity index (χ3n) is 4.87. The molecule has 1 aromatic rings. The quantitative estimate of drug-likeness (QED) is 0.335. The Morgan fingerprint density at radius 2 is 1.86 bits per heavy atom. The Kier molecular flexibility index (Phi) is 5.45. The van der Waals surface area contributed by atoms with Gasteiger partial charge in [-0.3, -0.25) is 0 Å². The number of rotatable bonds is 3. The second-order valence-electron chi connectivity index (χ2n) is 6.30. The summed E-state index contributed by atoms with van der Waals surface area (Å²) in [6.45, 7) is 0. The number of fused-ring (bicyclic) bond motifs is 1. The van der Waals surface area contributed by atoms with Gasteiger partial charge in [0.25, 0.3) is 5.90 Å². The van der Waals surface area contributed by atoms with E-state index in [0.717, 1.165) is 29.6 Å². The zero-order valence-electron chi connectivity index (χ0n) is 12.9. The number of hydrogen-bond donors (Lipinski definition) is 0. The maximum Gasteiger partial charge on any atom is 0.275 e. The molecule has 0 heterocycles. The van der Waals surface area contributed by atoms with E-state index >= 15 is 0 Å². The topological polar surface area (TPSA) is 21.6 Å². The molecular weight excluding hydrogens is 290 g/mol. The zero-order chi connectivity index (χ0) is 15.2. The summed E-state index contributed by atoms with van der Waals surface area (Å²) in [6.07, 6.45) is 15.0. The smallest absolute Gasteiger partial charge is 0.275 e. The molecule has 3 heteroatoms. The first kappa shape index (κ1) is 15.5. The molecule has 0 radical (unpaired) electrons. The lowest BCUT2D eigenvalue weighted by molar-refractivity contribution is 0.0590. The monoisotopic (exact) mass is 313 g/mol. The lowest BCUT2D eigenvalue weighted by Crippen LogP contribution is -2.32. The molecule has 2 aliphatic carbocycles. The molecule has 3 rings (SSSR count). The maximum absolute atomic E-state index is 6.00. The minimum atomic E-state index is 0.255. The van der Waals surface area contributed by atoms with Crippen molar-refractivity contribution in [2.75, 3.05) is 0 Å². The van der Waals surface area contributed by atoms with Crippen LogP contribution in [-0.2, 0) is 4.74 Å². The molecule has 0 aromatic heterocycles. The van der Waals surface area contributed by atoms with E-state index in [1.807, 2.05) is 30.3 Å². The van der Waals surface area contributed by atoms with E-state index in [2.05, 4.69) is 10.3 Å². The van der Waals surface area contributed by atoms with Gasteiger partial charge in [-0.15, -0.1) is 6.42 Å². The van der Waals surface area contributed by atoms with E-state index in [9.17, 15) is 0 Å². The van der Waals surface area contributed by atoms with Gasteiger partial charge in [0.15, 0.2) is 0 Å². The van der Waals surface area contributed by atoms with Crippen LogP contribution < -0.4 is 0 Å². The number of benzene rings is 1. The molecule has 22 heavy (non-hydrogen) atoms. The van der Waals surface area contributed by atoms with Crippen molar-refractivity contribution in [1.82, 2.24) is 0 Å². The Labute approximate surface area is 137 Å². The number of nitrogens with zero attached hydrogens (tertiary/aromatic N) is 1. The van der Waals surface area contributed by atoms with Crippen LogP contribution in [0, 0.1) is 24.2 Å². The van der Waals surface area contributed by atoms with Crippen molar-refractivity contribution in [1.29, 1.82) is 0 Å². The van der Waals surface area contributed by atoms with Gasteiger partial charge >= 0.3 is 0 Å². The molecule has 116 valence electrons. The first-order valence-corrected chi connectivity index (χ1v) is 9.06. The minimum absolute atomic E-state index is 0.255. The van der Waals surface area contributed by atoms with Crippen molar-refractivity contribution in [3.8, 4) is 12.3 Å². The van der Waals surface area contributed by atoms with Gasteiger partial charge in [0.1, 0.15) is 6.10 Å². The number of ether oxygens (including phenoxy) is 1. The molecule has 0 bridgehead atoms. The van der Waals surface area contributed by atoms with Crippen LogP contribution in [0.4, 0.5) is 0 Å². The van der Waals surface area contributed by atoms with Crippen LogP contribution in [0.25, 0.3) is 0 Å². The van der Waals surface area contributed by atoms with Gasteiger partial charge in [-0.1, -0.05) is 43.9 Å². The molecule has 2 fully saturated rings. The summed E-state index contributed by atoms with van der Waals surface area (Å²) in [5.41, 5.74) is 0. The predicted octanol–water partition coefficient (Wildman–Crippen LogP) is 5.10. The van der Waals surface area contributed by atoms with Crippen LogP contribution in [0.2, 0.25) is 0 Å². The van der Waals surface area contributed by atoms with Crippen molar-refractivity contribution in [3.05, 3.63) is 30.3 Å². The number of terminal acetylenes is 1. The summed E-state index contributed by atoms with van der Waals surface area (Å²) >= 11 is 1.38. The Morgan fingerprint density at radius 1 is 1.09 bits per heavy atom. The van der Waals surface area contributed by atoms with Gasteiger partial charge in [-0.05, 0) is 49.2 Å². The van der Waals surface area contributed by atoms with Crippen LogP contribution in [0.15, 0.2) is 39.6 Å². The summed E-state index contributed by atoms with van der Waals surface area (Å²) in [5.74, 6) is 4.81. The van der Waals surface area contributed by atoms with Crippen molar-refractivity contribution < 1.29 is 4.74 Å². The summed E-state index contributed by atoms with van der Waals surface area (Å²) in [4.78, 5) is 1.08. The zero-order valence-corrected chi connectivity index (χ0v) is 13.7. The molecule has 0 saturated heterocycles. The Bertz CT molecular complexity index is 548. The van der Waals surface area contributed by atoms with Crippen LogP contribution in [0.1, 0.15) is 44.9 Å². The van der Waals surface area contributed by atoms with E-state index in [1.165, 1.54) is 44.1 Å². The molecule has 0 amide bonds. The van der Waals surface area contributed by atoms with Crippen molar-refractivity contribution >= 4 is 17.8 Å². The van der Waals surface area contributed by atoms with Crippen molar-refractivity contribution in [2.45, 2.75) is 55.9 Å². The first-order valence-electron chi connectivity index (χ1n) is 8.28. The van der Waals surface area contributed by atoms with Gasteiger partial charge in [0, 0.05) is 16.8 Å². The predicted molar refractivity (Wildman–Crippen MR) is 92.7 cm³/mol. The summed E-state index contributed by atoms with van der Waals surface area (Å²) in [7, 11) is 0. The molecule has 2 saturated carbocycles. The van der Waals surface area contributed by atoms with E-state index in [1.54, 1.807) is 0 Å². The lowest BCUT2D eigenvalue weighted by Gasteiger charge is -2.38. The normalized spacial score (nSPS) is 28.5. The van der Waals surface area contributed by atoms with Crippen LogP contribution in [0.5, 0.6) is 0 Å². The average molecular weight is 313 g/mol. The average Bonchev–Trinajstić information content (AvgIpc) is 2.59. The van der Waals surface area contributed by atoms with E-state index in [0.29, 0.717) is 5.90 Å². The lowest BCUT2D eigenvalue weighted by atomic mass is 9.70. The fourth-order valence-corrected chi connectivity index (χ4v) is 4.32. The minimum Gasteiger partial charge on any atom is -0.468 e. The summed E-state index contributed by atoms with van der Waals surface area (Å²) < 4.78 is 10.4. The molecular formula is C19H23NOS. The third kappa shape index (κ3) is 4.08. The highest BCUT2D eigenvalue weighted by molar-refractivity contribution is 7.98. The molecule has 1 aromatic carbocycles. The van der Waals surface area contributed by atoms with Gasteiger partial charge in [-0.2, -0.15) is 4.40 Å². The Hall–Kier alpha value is -1.40. The molecule has 3 atom stereocenters. The second-order valence-corrected chi connectivity index (χ2v) is 7.14. The van der Waals surface area contributed by atoms with Crippen molar-refractivity contribution in [3.63, 3.8) is 0 Å². The van der Waals surface area contributed by atoms with Gasteiger partial charge in [-0.25, -0.2) is 0 Å². The summed E-state index contributed by atoms with van der Waals surface area (Å²) in [6, 6.07) is 10.0. The van der Waals surface area contributed by atoms with Crippen LogP contribution in [-0.4, -0.2) is 12.0 Å². The van der Waals surface area contributed by atoms with Crippen LogP contribution >= 0.6 is 11.9 Å². The highest BCUT2D eigenvalue weighted by atomic mass is 32.2. The third-order valence-corrected chi connectivity index (χ3v) is 5.61. The highest BCUT2D eigenvalue weighted by Crippen LogP contribution is 2.41. The van der Waals surface area contributed by atoms with Gasteiger partial charge < -0.3 is 4.74 Å². The molecule has 0 spiro atoms. The number of hydrogen-bond acceptors (Lipinski definition) is 3. The fraction of sp³-hybridized carbons (Fsp3) is 0.526.